The summed E-state index contributed by atoms with van der Waals surface area (Å²) in [5, 5.41) is 3.14. The lowest BCUT2D eigenvalue weighted by molar-refractivity contribution is 0.0936. The van der Waals surface area contributed by atoms with Crippen molar-refractivity contribution in [2.45, 2.75) is 31.9 Å². The standard InChI is InChI=1S/C24H27N3O4/c1-14-15(2)31-22-19(14)7-6-8-20(22)24(28)26-21(23-25-9-10-27(23)3)16-11-17(29-4)13-18(12-16)30-5/h6-15,21H,1-5H3,(H,26,28). The highest BCUT2D eigenvalue weighted by Gasteiger charge is 2.32. The lowest BCUT2D eigenvalue weighted by Crippen LogP contribution is -2.31. The number of nitrogens with zero attached hydrogens (tertiary/aromatic N) is 2. The number of nitrogens with one attached hydrogen (secondary N) is 1. The van der Waals surface area contributed by atoms with Gasteiger partial charge >= 0.3 is 0 Å². The fraction of sp³-hybridized carbons (Fsp3) is 0.333. The Hall–Kier alpha value is -3.48. The van der Waals surface area contributed by atoms with Crippen LogP contribution in [-0.4, -0.2) is 35.8 Å². The van der Waals surface area contributed by atoms with E-state index in [-0.39, 0.29) is 17.9 Å². The zero-order chi connectivity index (χ0) is 22.1. The average Bonchev–Trinajstić information content (AvgIpc) is 3.33. The van der Waals surface area contributed by atoms with Gasteiger partial charge in [-0.3, -0.25) is 4.79 Å². The fourth-order valence-electron chi connectivity index (χ4n) is 3.92. The molecule has 2 heterocycles. The molecular weight excluding hydrogens is 394 g/mol. The third-order valence-electron chi connectivity index (χ3n) is 5.89. The molecule has 0 spiro atoms. The molecule has 1 aliphatic rings. The van der Waals surface area contributed by atoms with Gasteiger partial charge in [0.25, 0.3) is 5.91 Å². The van der Waals surface area contributed by atoms with Crippen LogP contribution in [-0.2, 0) is 7.05 Å². The van der Waals surface area contributed by atoms with Gasteiger partial charge in [0, 0.05) is 37.0 Å². The number of methoxy groups -OCH3 is 2. The minimum atomic E-state index is -0.511. The molecule has 7 nitrogen and oxygen atoms in total. The zero-order valence-electron chi connectivity index (χ0n) is 18.4. The first-order chi connectivity index (χ1) is 14.9. The third-order valence-corrected chi connectivity index (χ3v) is 5.89. The number of aromatic nitrogens is 2. The molecule has 3 unspecified atom stereocenters. The molecule has 0 bridgehead atoms. The molecule has 1 aliphatic heterocycles. The molecule has 0 aliphatic carbocycles. The van der Waals surface area contributed by atoms with Gasteiger partial charge in [0.05, 0.1) is 19.8 Å². The third kappa shape index (κ3) is 3.83. The number of rotatable bonds is 6. The molecule has 2 aromatic carbocycles. The maximum Gasteiger partial charge on any atom is 0.255 e. The Bertz CT molecular complexity index is 1090. The van der Waals surface area contributed by atoms with E-state index in [0.717, 1.165) is 11.1 Å². The van der Waals surface area contributed by atoms with E-state index in [4.69, 9.17) is 14.2 Å². The molecule has 3 aromatic rings. The van der Waals surface area contributed by atoms with Crippen molar-refractivity contribution in [1.82, 2.24) is 14.9 Å². The first kappa shape index (κ1) is 20.8. The number of para-hydroxylation sites is 1. The van der Waals surface area contributed by atoms with Crippen molar-refractivity contribution < 1.29 is 19.0 Å². The van der Waals surface area contributed by atoms with Crippen LogP contribution in [0, 0.1) is 0 Å². The van der Waals surface area contributed by atoms with Crippen molar-refractivity contribution in [1.29, 1.82) is 0 Å². The van der Waals surface area contributed by atoms with Crippen LogP contribution in [0.3, 0.4) is 0 Å². The first-order valence-electron chi connectivity index (χ1n) is 10.2. The van der Waals surface area contributed by atoms with Gasteiger partial charge in [-0.1, -0.05) is 19.1 Å². The predicted molar refractivity (Wildman–Crippen MR) is 117 cm³/mol. The molecule has 0 saturated carbocycles. The topological polar surface area (TPSA) is 74.6 Å². The predicted octanol–water partition coefficient (Wildman–Crippen LogP) is 3.84. The lowest BCUT2D eigenvalue weighted by atomic mass is 9.96. The van der Waals surface area contributed by atoms with Gasteiger partial charge in [-0.15, -0.1) is 0 Å². The van der Waals surface area contributed by atoms with E-state index in [0.29, 0.717) is 28.6 Å². The van der Waals surface area contributed by atoms with E-state index < -0.39 is 6.04 Å². The summed E-state index contributed by atoms with van der Waals surface area (Å²) in [6.45, 7) is 4.13. The molecular formula is C24H27N3O4. The van der Waals surface area contributed by atoms with Crippen LogP contribution in [0.1, 0.15) is 53.1 Å². The number of aryl methyl sites for hydroxylation is 1. The van der Waals surface area contributed by atoms with Crippen LogP contribution < -0.4 is 19.5 Å². The highest BCUT2D eigenvalue weighted by atomic mass is 16.5. The normalized spacial score (nSPS) is 18.1. The summed E-state index contributed by atoms with van der Waals surface area (Å²) in [6, 6.07) is 10.7. The second-order valence-corrected chi connectivity index (χ2v) is 7.78. The second kappa shape index (κ2) is 8.34. The van der Waals surface area contributed by atoms with E-state index >= 15 is 0 Å². The molecule has 0 fully saturated rings. The number of ether oxygens (including phenoxy) is 3. The Morgan fingerprint density at radius 1 is 1.16 bits per heavy atom. The number of benzene rings is 2. The van der Waals surface area contributed by atoms with Crippen molar-refractivity contribution in [2.24, 2.45) is 7.05 Å². The number of amides is 1. The largest absolute Gasteiger partial charge is 0.497 e. The Morgan fingerprint density at radius 2 is 1.87 bits per heavy atom. The van der Waals surface area contributed by atoms with Crippen LogP contribution in [0.15, 0.2) is 48.8 Å². The summed E-state index contributed by atoms with van der Waals surface area (Å²) in [5.74, 6) is 2.62. The van der Waals surface area contributed by atoms with Gasteiger partial charge in [0.1, 0.15) is 35.2 Å². The molecule has 1 N–H and O–H groups in total. The molecule has 162 valence electrons. The van der Waals surface area contributed by atoms with Crippen molar-refractivity contribution >= 4 is 5.91 Å². The molecule has 0 saturated heterocycles. The van der Waals surface area contributed by atoms with Crippen LogP contribution in [0.4, 0.5) is 0 Å². The van der Waals surface area contributed by atoms with Crippen molar-refractivity contribution in [3.63, 3.8) is 0 Å². The van der Waals surface area contributed by atoms with Crippen molar-refractivity contribution in [2.75, 3.05) is 14.2 Å². The van der Waals surface area contributed by atoms with Crippen LogP contribution >= 0.6 is 0 Å². The van der Waals surface area contributed by atoms with Gasteiger partial charge < -0.3 is 24.1 Å². The van der Waals surface area contributed by atoms with Gasteiger partial charge in [-0.25, -0.2) is 4.98 Å². The number of fused-ring (bicyclic) bond motifs is 1. The highest BCUT2D eigenvalue weighted by molar-refractivity contribution is 5.98. The number of carbonyl (C=O) groups is 1. The first-order valence-corrected chi connectivity index (χ1v) is 10.2. The molecule has 4 rings (SSSR count). The van der Waals surface area contributed by atoms with Crippen molar-refractivity contribution in [3.05, 3.63) is 71.3 Å². The minimum absolute atomic E-state index is 0.0249. The molecule has 1 amide bonds. The maximum atomic E-state index is 13.4. The molecule has 3 atom stereocenters. The van der Waals surface area contributed by atoms with Gasteiger partial charge in [-0.2, -0.15) is 0 Å². The SMILES string of the molecule is COc1cc(OC)cc(C(NC(=O)c2cccc3c2OC(C)C3C)c2nccn2C)c1. The minimum Gasteiger partial charge on any atom is -0.497 e. The quantitative estimate of drug-likeness (QED) is 0.655. The second-order valence-electron chi connectivity index (χ2n) is 7.78. The van der Waals surface area contributed by atoms with E-state index in [2.05, 4.69) is 17.2 Å². The van der Waals surface area contributed by atoms with E-state index in [1.54, 1.807) is 32.5 Å². The van der Waals surface area contributed by atoms with E-state index in [9.17, 15) is 4.79 Å². The molecule has 7 heteroatoms. The lowest BCUT2D eigenvalue weighted by Gasteiger charge is -2.21. The Morgan fingerprint density at radius 3 is 2.48 bits per heavy atom. The summed E-state index contributed by atoms with van der Waals surface area (Å²) >= 11 is 0. The van der Waals surface area contributed by atoms with E-state index in [1.165, 1.54) is 0 Å². The highest BCUT2D eigenvalue weighted by Crippen LogP contribution is 2.40. The number of hydrogen-bond donors (Lipinski definition) is 1. The Labute approximate surface area is 182 Å². The number of imidazole rings is 1. The Kier molecular flexibility index (Phi) is 5.59. The summed E-state index contributed by atoms with van der Waals surface area (Å²) in [6.07, 6.45) is 3.58. The Balaban J connectivity index is 1.74. The van der Waals surface area contributed by atoms with Crippen molar-refractivity contribution in [3.8, 4) is 17.2 Å². The molecule has 0 radical (unpaired) electrons. The van der Waals surface area contributed by atoms with Gasteiger partial charge in [0.2, 0.25) is 0 Å². The van der Waals surface area contributed by atoms with Gasteiger partial charge in [0.15, 0.2) is 0 Å². The van der Waals surface area contributed by atoms with E-state index in [1.807, 2.05) is 49.0 Å². The van der Waals surface area contributed by atoms with Crippen LogP contribution in [0.25, 0.3) is 0 Å². The smallest absolute Gasteiger partial charge is 0.255 e. The summed E-state index contributed by atoms with van der Waals surface area (Å²) in [4.78, 5) is 17.9. The summed E-state index contributed by atoms with van der Waals surface area (Å²) < 4.78 is 18.8. The summed E-state index contributed by atoms with van der Waals surface area (Å²) in [7, 11) is 5.09. The monoisotopic (exact) mass is 421 g/mol. The van der Waals surface area contributed by atoms with Gasteiger partial charge in [-0.05, 0) is 30.7 Å². The molecule has 31 heavy (non-hydrogen) atoms. The fourth-order valence-corrected chi connectivity index (χ4v) is 3.92. The number of hydrogen-bond acceptors (Lipinski definition) is 5. The zero-order valence-corrected chi connectivity index (χ0v) is 18.4. The summed E-state index contributed by atoms with van der Waals surface area (Å²) in [5.41, 5.74) is 2.37. The number of carbonyl (C=O) groups excluding carboxylic acids is 1. The maximum absolute atomic E-state index is 13.4. The average molecular weight is 421 g/mol. The molecule has 1 aromatic heterocycles. The van der Waals surface area contributed by atoms with Crippen LogP contribution in [0.5, 0.6) is 17.2 Å². The van der Waals surface area contributed by atoms with Crippen LogP contribution in [0.2, 0.25) is 0 Å².